The van der Waals surface area contributed by atoms with Gasteiger partial charge in [-0.3, -0.25) is 0 Å². The van der Waals surface area contributed by atoms with E-state index in [0.29, 0.717) is 11.6 Å². The van der Waals surface area contributed by atoms with Crippen LogP contribution in [0.3, 0.4) is 0 Å². The quantitative estimate of drug-likeness (QED) is 0.841. The van der Waals surface area contributed by atoms with Crippen molar-refractivity contribution in [1.82, 2.24) is 4.98 Å². The Labute approximate surface area is 115 Å². The number of carbonyl (C=O) groups is 1. The molecule has 0 radical (unpaired) electrons. The molecule has 5 nitrogen and oxygen atoms in total. The van der Waals surface area contributed by atoms with Crippen molar-refractivity contribution in [2.45, 2.75) is 38.4 Å². The van der Waals surface area contributed by atoms with Crippen molar-refractivity contribution in [3.63, 3.8) is 0 Å². The molecule has 1 aromatic heterocycles. The number of aromatic nitrogens is 1. The Morgan fingerprint density at radius 1 is 1.60 bits per heavy atom. The molecular weight excluding hydrogens is 270 g/mol. The highest BCUT2D eigenvalue weighted by molar-refractivity contribution is 5.79. The number of hydrogen-bond acceptors (Lipinski definition) is 5. The third-order valence-corrected chi connectivity index (χ3v) is 2.70. The Morgan fingerprint density at radius 2 is 2.35 bits per heavy atom. The summed E-state index contributed by atoms with van der Waals surface area (Å²) in [4.78, 5) is 15.0. The molecule has 0 spiro atoms. The lowest BCUT2D eigenvalue weighted by Crippen LogP contribution is -2.22. The third-order valence-electron chi connectivity index (χ3n) is 2.70. The molecule has 0 aromatic carbocycles. The van der Waals surface area contributed by atoms with Crippen LogP contribution in [-0.4, -0.2) is 35.6 Å². The highest BCUT2D eigenvalue weighted by atomic mass is 19.3. The van der Waals surface area contributed by atoms with E-state index in [4.69, 9.17) is 4.74 Å². The monoisotopic (exact) mass is 286 g/mol. The van der Waals surface area contributed by atoms with E-state index in [-0.39, 0.29) is 12.6 Å². The van der Waals surface area contributed by atoms with Gasteiger partial charge in [0.1, 0.15) is 6.10 Å². The normalized spacial score (nSPS) is 20.9. The average molecular weight is 286 g/mol. The first-order valence-electron chi connectivity index (χ1n) is 6.33. The fraction of sp³-hybridized carbons (Fsp3) is 0.538. The van der Waals surface area contributed by atoms with E-state index in [1.54, 1.807) is 18.3 Å². The maximum atomic E-state index is 13.0. The fourth-order valence-corrected chi connectivity index (χ4v) is 1.83. The smallest absolute Gasteiger partial charge is 0.377 e. The zero-order chi connectivity index (χ0) is 14.8. The second kappa shape index (κ2) is 5.60. The van der Waals surface area contributed by atoms with Crippen molar-refractivity contribution in [2.24, 2.45) is 0 Å². The summed E-state index contributed by atoms with van der Waals surface area (Å²) in [6, 6.07) is 3.42. The number of carbonyl (C=O) groups excluding carboxylic acids is 1. The van der Waals surface area contributed by atoms with E-state index in [1.165, 1.54) is 0 Å². The number of esters is 1. The van der Waals surface area contributed by atoms with E-state index in [9.17, 15) is 13.6 Å². The number of hydrogen-bond donors (Lipinski definition) is 1. The molecule has 7 heteroatoms. The topological polar surface area (TPSA) is 60.5 Å². The number of cyclic esters (lactones) is 1. The lowest BCUT2D eigenvalue weighted by molar-refractivity contribution is -0.158. The molecule has 1 aliphatic heterocycles. The van der Waals surface area contributed by atoms with Gasteiger partial charge in [0.25, 0.3) is 0 Å². The molecule has 0 saturated carbocycles. The number of anilines is 1. The van der Waals surface area contributed by atoms with Crippen LogP contribution in [0.15, 0.2) is 18.3 Å². The van der Waals surface area contributed by atoms with E-state index < -0.39 is 24.4 Å². The highest BCUT2D eigenvalue weighted by Gasteiger charge is 2.50. The molecule has 1 unspecified atom stereocenters. The molecule has 110 valence electrons. The zero-order valence-electron chi connectivity index (χ0n) is 11.2. The summed E-state index contributed by atoms with van der Waals surface area (Å²) in [5.74, 6) is -4.47. The van der Waals surface area contributed by atoms with Gasteiger partial charge in [0.15, 0.2) is 0 Å². The molecule has 1 aromatic rings. The Morgan fingerprint density at radius 3 is 2.95 bits per heavy atom. The largest absolute Gasteiger partial charge is 0.473 e. The van der Waals surface area contributed by atoms with Crippen LogP contribution in [0.4, 0.5) is 14.5 Å². The van der Waals surface area contributed by atoms with E-state index >= 15 is 0 Å². The minimum atomic E-state index is -3.39. The minimum Gasteiger partial charge on any atom is -0.473 e. The number of alkyl halides is 2. The van der Waals surface area contributed by atoms with Crippen molar-refractivity contribution in [3.8, 4) is 5.88 Å². The summed E-state index contributed by atoms with van der Waals surface area (Å²) in [7, 11) is 0. The molecule has 1 N–H and O–H groups in total. The minimum absolute atomic E-state index is 0.0564. The number of rotatable bonds is 5. The van der Waals surface area contributed by atoms with Gasteiger partial charge in [-0.2, -0.15) is 8.78 Å². The molecule has 0 bridgehead atoms. The summed E-state index contributed by atoms with van der Waals surface area (Å²) in [5.41, 5.74) is 0.576. The Kier molecular flexibility index (Phi) is 4.06. The number of nitrogens with one attached hydrogen (secondary N) is 1. The van der Waals surface area contributed by atoms with Gasteiger partial charge in [-0.15, -0.1) is 0 Å². The van der Waals surface area contributed by atoms with E-state index in [2.05, 4.69) is 15.0 Å². The number of pyridine rings is 1. The lowest BCUT2D eigenvalue weighted by Gasteiger charge is -2.15. The van der Waals surface area contributed by atoms with Crippen molar-refractivity contribution in [2.75, 3.05) is 11.9 Å². The van der Waals surface area contributed by atoms with Crippen LogP contribution in [0, 0.1) is 0 Å². The first-order valence-corrected chi connectivity index (χ1v) is 6.33. The fourth-order valence-electron chi connectivity index (χ4n) is 1.83. The predicted molar refractivity (Wildman–Crippen MR) is 67.9 cm³/mol. The summed E-state index contributed by atoms with van der Waals surface area (Å²) >= 11 is 0. The van der Waals surface area contributed by atoms with Crippen LogP contribution in [-0.2, 0) is 9.53 Å². The number of halogens is 2. The molecule has 20 heavy (non-hydrogen) atoms. The summed E-state index contributed by atoms with van der Waals surface area (Å²) in [5, 5.41) is 2.92. The van der Waals surface area contributed by atoms with Crippen molar-refractivity contribution in [1.29, 1.82) is 0 Å². The number of nitrogens with zero attached hydrogens (tertiary/aromatic N) is 1. The Balaban J connectivity index is 1.96. The zero-order valence-corrected chi connectivity index (χ0v) is 11.2. The molecule has 2 heterocycles. The number of ether oxygens (including phenoxy) is 2. The summed E-state index contributed by atoms with van der Waals surface area (Å²) in [6.45, 7) is 3.80. The van der Waals surface area contributed by atoms with Gasteiger partial charge < -0.3 is 14.8 Å². The molecule has 1 fully saturated rings. The van der Waals surface area contributed by atoms with Crippen molar-refractivity contribution >= 4 is 11.7 Å². The van der Waals surface area contributed by atoms with Crippen LogP contribution >= 0.6 is 0 Å². The lowest BCUT2D eigenvalue weighted by atomic mass is 10.2. The Hall–Kier alpha value is -1.92. The molecular formula is C13H16F2N2O3. The predicted octanol–water partition coefficient (Wildman–Crippen LogP) is 2.23. The van der Waals surface area contributed by atoms with Crippen molar-refractivity contribution < 1.29 is 23.0 Å². The first kappa shape index (κ1) is 14.5. The standard InChI is InChI=1S/C13H16F2N2O3/c1-8(2)19-11-10(4-3-5-16-11)17-7-9-6-13(14,15)12(18)20-9/h3-5,8-9,17H,6-7H2,1-2H3. The van der Waals surface area contributed by atoms with Gasteiger partial charge >= 0.3 is 11.9 Å². The van der Waals surface area contributed by atoms with Crippen LogP contribution in [0.25, 0.3) is 0 Å². The van der Waals surface area contributed by atoms with Gasteiger partial charge in [-0.25, -0.2) is 9.78 Å². The van der Waals surface area contributed by atoms with E-state index in [0.717, 1.165) is 0 Å². The van der Waals surface area contributed by atoms with Gasteiger partial charge in [0, 0.05) is 6.20 Å². The molecule has 2 rings (SSSR count). The third kappa shape index (κ3) is 3.34. The van der Waals surface area contributed by atoms with Crippen LogP contribution < -0.4 is 10.1 Å². The van der Waals surface area contributed by atoms with Crippen LogP contribution in [0.1, 0.15) is 20.3 Å². The highest BCUT2D eigenvalue weighted by Crippen LogP contribution is 2.31. The van der Waals surface area contributed by atoms with E-state index in [1.807, 2.05) is 13.8 Å². The molecule has 0 amide bonds. The molecule has 1 saturated heterocycles. The average Bonchev–Trinajstić information content (AvgIpc) is 2.61. The second-order valence-electron chi connectivity index (χ2n) is 4.84. The van der Waals surface area contributed by atoms with Gasteiger partial charge in [0.2, 0.25) is 5.88 Å². The molecule has 0 aliphatic carbocycles. The Bertz CT molecular complexity index is 494. The summed E-state index contributed by atoms with van der Waals surface area (Å²) in [6.07, 6.45) is 0.0511. The van der Waals surface area contributed by atoms with Gasteiger partial charge in [-0.1, -0.05) is 0 Å². The van der Waals surface area contributed by atoms with Crippen molar-refractivity contribution in [3.05, 3.63) is 18.3 Å². The maximum Gasteiger partial charge on any atom is 0.377 e. The maximum absolute atomic E-state index is 13.0. The van der Waals surface area contributed by atoms with Crippen LogP contribution in [0.5, 0.6) is 5.88 Å². The van der Waals surface area contributed by atoms with Crippen LogP contribution in [0.2, 0.25) is 0 Å². The van der Waals surface area contributed by atoms with Gasteiger partial charge in [0.05, 0.1) is 24.8 Å². The summed E-state index contributed by atoms with van der Waals surface area (Å²) < 4.78 is 36.2. The second-order valence-corrected chi connectivity index (χ2v) is 4.84. The molecule has 1 aliphatic rings. The molecule has 1 atom stereocenters. The SMILES string of the molecule is CC(C)Oc1ncccc1NCC1CC(F)(F)C(=O)O1. The van der Waals surface area contributed by atoms with Gasteiger partial charge in [-0.05, 0) is 26.0 Å². The first-order chi connectivity index (χ1) is 9.38.